The number of anilines is 9. The van der Waals surface area contributed by atoms with E-state index in [4.69, 9.17) is 8.83 Å². The molecule has 398 valence electrons. The fourth-order valence-electron chi connectivity index (χ4n) is 14.1. The molecule has 1 spiro atoms. The molecule has 0 saturated carbocycles. The Morgan fingerprint density at radius 1 is 0.321 bits per heavy atom. The highest BCUT2D eigenvalue weighted by molar-refractivity contribution is 6.21. The number of aryl methyl sites for hydroxylation is 2. The van der Waals surface area contributed by atoms with E-state index in [2.05, 4.69) is 229 Å². The molecule has 0 N–H and O–H groups in total. The van der Waals surface area contributed by atoms with Crippen molar-refractivity contribution in [2.45, 2.75) is 19.3 Å². The fraction of sp³-hybridized carbons (Fsp3) is 0.0390. The Hall–Kier alpha value is -10.8. The van der Waals surface area contributed by atoms with Crippen LogP contribution in [0.5, 0.6) is 0 Å². The molecule has 2 aliphatic rings. The first kappa shape index (κ1) is 48.0. The van der Waals surface area contributed by atoms with Crippen LogP contribution in [0.25, 0.3) is 76.5 Å². The summed E-state index contributed by atoms with van der Waals surface area (Å²) >= 11 is 0. The van der Waals surface area contributed by atoms with E-state index >= 15 is 8.78 Å². The second-order valence-electron chi connectivity index (χ2n) is 22.3. The zero-order valence-corrected chi connectivity index (χ0v) is 45.7. The second-order valence-corrected chi connectivity index (χ2v) is 22.3. The minimum atomic E-state index is -0.985. The summed E-state index contributed by atoms with van der Waals surface area (Å²) in [4.78, 5) is 7.05. The highest BCUT2D eigenvalue weighted by atomic mass is 19.1. The van der Waals surface area contributed by atoms with Crippen molar-refractivity contribution in [3.05, 3.63) is 306 Å². The zero-order chi connectivity index (χ0) is 55.9. The van der Waals surface area contributed by atoms with Gasteiger partial charge in [0.05, 0.1) is 39.5 Å². The number of hydrogen-bond donors (Lipinski definition) is 0. The van der Waals surface area contributed by atoms with E-state index in [9.17, 15) is 0 Å². The average Bonchev–Trinajstić information content (AvgIpc) is 1.46. The lowest BCUT2D eigenvalue weighted by Crippen LogP contribution is -2.36. The Labute approximate surface area is 482 Å². The van der Waals surface area contributed by atoms with Gasteiger partial charge in [0.2, 0.25) is 0 Å². The molecule has 0 saturated heterocycles. The molecule has 1 aliphatic carbocycles. The van der Waals surface area contributed by atoms with Crippen LogP contribution >= 0.6 is 0 Å². The van der Waals surface area contributed by atoms with Crippen LogP contribution in [0.4, 0.5) is 60.0 Å². The lowest BCUT2D eigenvalue weighted by atomic mass is 9.64. The Morgan fingerprint density at radius 2 is 0.690 bits per heavy atom. The summed E-state index contributed by atoms with van der Waals surface area (Å²) in [6.45, 7) is 4.21. The van der Waals surface area contributed by atoms with E-state index in [1.54, 1.807) is 12.1 Å². The first-order valence-corrected chi connectivity index (χ1v) is 28.5. The van der Waals surface area contributed by atoms with Crippen LogP contribution in [-0.4, -0.2) is 0 Å². The number of benzene rings is 13. The fourth-order valence-corrected chi connectivity index (χ4v) is 14.1. The van der Waals surface area contributed by atoms with Gasteiger partial charge in [-0.1, -0.05) is 187 Å². The van der Waals surface area contributed by atoms with Crippen molar-refractivity contribution in [3.8, 4) is 11.1 Å². The molecule has 2 aromatic heterocycles. The van der Waals surface area contributed by atoms with E-state index in [1.165, 1.54) is 12.1 Å². The first-order chi connectivity index (χ1) is 41.3. The molecule has 0 unspecified atom stereocenters. The van der Waals surface area contributed by atoms with Crippen molar-refractivity contribution in [2.75, 3.05) is 14.7 Å². The van der Waals surface area contributed by atoms with Crippen LogP contribution in [-0.2, 0) is 5.41 Å². The number of para-hydroxylation sites is 7. The average molecular weight is 1090 g/mol. The topological polar surface area (TPSA) is 36.0 Å². The predicted octanol–water partition coefficient (Wildman–Crippen LogP) is 21.8. The molecule has 1 aliphatic heterocycles. The molecule has 13 aromatic carbocycles. The quantitative estimate of drug-likeness (QED) is 0.159. The first-order valence-electron chi connectivity index (χ1n) is 28.5. The number of hydrogen-bond acceptors (Lipinski definition) is 5. The molecular formula is C77H49F2N3O2. The highest BCUT2D eigenvalue weighted by Gasteiger charge is 2.54. The third-order valence-electron chi connectivity index (χ3n) is 17.7. The normalized spacial score (nSPS) is 13.1. The summed E-state index contributed by atoms with van der Waals surface area (Å²) < 4.78 is 45.3. The SMILES string of the molecule is Cc1ccc(N(c2cc3c(c4ccccc24)-c2c(cc(N(c4ccc(C)cc4)c4cccc5c4oc4c(F)cccc45)c4ccccc24)C32c3ccccc3N(c3ccccc3)c3ccccc32)c2cccc3c2oc2c(F)cccc23)cc1. The summed E-state index contributed by atoms with van der Waals surface area (Å²) in [5.41, 5.74) is 18.0. The number of fused-ring (bicyclic) bond motifs is 19. The lowest BCUT2D eigenvalue weighted by molar-refractivity contribution is 0.584. The maximum absolute atomic E-state index is 15.9. The maximum Gasteiger partial charge on any atom is 0.171 e. The Bertz CT molecular complexity index is 4910. The number of nitrogens with zero attached hydrogens (tertiary/aromatic N) is 3. The predicted molar refractivity (Wildman–Crippen MR) is 340 cm³/mol. The number of furan rings is 2. The van der Waals surface area contributed by atoms with Crippen LogP contribution in [0.2, 0.25) is 0 Å². The molecule has 15 aromatic rings. The van der Waals surface area contributed by atoms with Crippen molar-refractivity contribution in [1.82, 2.24) is 0 Å². The van der Waals surface area contributed by atoms with Gasteiger partial charge in [-0.15, -0.1) is 0 Å². The largest absolute Gasteiger partial charge is 0.451 e. The number of rotatable bonds is 7. The summed E-state index contributed by atoms with van der Waals surface area (Å²) in [7, 11) is 0. The molecular weight excluding hydrogens is 1040 g/mol. The van der Waals surface area contributed by atoms with Gasteiger partial charge < -0.3 is 23.5 Å². The molecule has 7 heteroatoms. The van der Waals surface area contributed by atoms with E-state index in [0.717, 1.165) is 128 Å². The van der Waals surface area contributed by atoms with E-state index in [-0.39, 0.29) is 11.2 Å². The third-order valence-corrected chi connectivity index (χ3v) is 17.7. The smallest absolute Gasteiger partial charge is 0.171 e. The molecule has 5 nitrogen and oxygen atoms in total. The van der Waals surface area contributed by atoms with Crippen LogP contribution in [0.1, 0.15) is 33.4 Å². The van der Waals surface area contributed by atoms with Gasteiger partial charge in [-0.3, -0.25) is 0 Å². The van der Waals surface area contributed by atoms with Crippen LogP contribution in [0, 0.1) is 25.5 Å². The molecule has 84 heavy (non-hydrogen) atoms. The summed E-state index contributed by atoms with van der Waals surface area (Å²) in [6.07, 6.45) is 0. The minimum absolute atomic E-state index is 0.224. The summed E-state index contributed by atoms with van der Waals surface area (Å²) in [5, 5.41) is 7.29. The van der Waals surface area contributed by atoms with Gasteiger partial charge in [0.15, 0.2) is 34.0 Å². The Balaban J connectivity index is 1.05. The van der Waals surface area contributed by atoms with Crippen molar-refractivity contribution >= 4 is 117 Å². The van der Waals surface area contributed by atoms with E-state index in [1.807, 2.05) is 36.4 Å². The lowest BCUT2D eigenvalue weighted by Gasteiger charge is -2.45. The van der Waals surface area contributed by atoms with Crippen molar-refractivity contribution in [3.63, 3.8) is 0 Å². The van der Waals surface area contributed by atoms with Gasteiger partial charge in [0, 0.05) is 49.4 Å². The molecule has 0 atom stereocenters. The molecule has 17 rings (SSSR count). The number of halogens is 2. The molecule has 0 radical (unpaired) electrons. The van der Waals surface area contributed by atoms with Crippen LogP contribution in [0.3, 0.4) is 0 Å². The van der Waals surface area contributed by atoms with Gasteiger partial charge in [-0.25, -0.2) is 8.78 Å². The molecule has 3 heterocycles. The maximum atomic E-state index is 15.9. The molecule has 0 bridgehead atoms. The molecule has 0 amide bonds. The zero-order valence-electron chi connectivity index (χ0n) is 45.7. The Kier molecular flexibility index (Phi) is 10.4. The monoisotopic (exact) mass is 1090 g/mol. The van der Waals surface area contributed by atoms with Gasteiger partial charge in [-0.05, 0) is 143 Å². The third kappa shape index (κ3) is 6.69. The van der Waals surface area contributed by atoms with Crippen molar-refractivity contribution < 1.29 is 17.6 Å². The van der Waals surface area contributed by atoms with Crippen molar-refractivity contribution in [2.24, 2.45) is 0 Å². The minimum Gasteiger partial charge on any atom is -0.451 e. The van der Waals surface area contributed by atoms with Crippen molar-refractivity contribution in [1.29, 1.82) is 0 Å². The van der Waals surface area contributed by atoms with E-state index < -0.39 is 17.0 Å². The van der Waals surface area contributed by atoms with E-state index in [0.29, 0.717) is 21.9 Å². The van der Waals surface area contributed by atoms with Gasteiger partial charge in [-0.2, -0.15) is 0 Å². The second kappa shape index (κ2) is 18.1. The standard InChI is InChI=1S/C77H49F2N3O2/c1-46-36-40-49(41-37-46)81(67-34-16-26-57-55-24-14-30-63(78)73(55)83-75(57)67)69-44-61-71(53-22-8-6-20-51(53)69)72-54-23-9-7-21-52(54)70(82(50-42-38-47(2)39-43-50)68-35-17-27-58-56-25-15-31-64(79)74(56)84-76(58)68)45-62(72)77(61)59-28-10-12-32-65(59)80(48-18-4-3-5-19-48)66-33-13-11-29-60(66)77/h3-45H,1-2H3. The Morgan fingerprint density at radius 3 is 1.14 bits per heavy atom. The summed E-state index contributed by atoms with van der Waals surface area (Å²) in [6, 6.07) is 90.9. The highest BCUT2D eigenvalue weighted by Crippen LogP contribution is 2.67. The van der Waals surface area contributed by atoms with Gasteiger partial charge >= 0.3 is 0 Å². The van der Waals surface area contributed by atoms with Crippen LogP contribution < -0.4 is 14.7 Å². The summed E-state index contributed by atoms with van der Waals surface area (Å²) in [5.74, 6) is -0.816. The van der Waals surface area contributed by atoms with Gasteiger partial charge in [0.1, 0.15) is 0 Å². The molecule has 0 fully saturated rings. The van der Waals surface area contributed by atoms with Crippen LogP contribution in [0.15, 0.2) is 270 Å². The van der Waals surface area contributed by atoms with Gasteiger partial charge in [0.25, 0.3) is 0 Å².